The lowest BCUT2D eigenvalue weighted by Gasteiger charge is -2.28. The predicted molar refractivity (Wildman–Crippen MR) is 112 cm³/mol. The minimum atomic E-state index is -4.91. The molecule has 0 aromatic carbocycles. The van der Waals surface area contributed by atoms with Gasteiger partial charge in [-0.15, -0.1) is 0 Å². The number of nitrogens with one attached hydrogen (secondary N) is 1. The van der Waals surface area contributed by atoms with Gasteiger partial charge in [0.05, 0.1) is 23.3 Å². The molecule has 0 radical (unpaired) electrons. The van der Waals surface area contributed by atoms with Crippen molar-refractivity contribution in [3.05, 3.63) is 46.6 Å². The third-order valence-corrected chi connectivity index (χ3v) is 5.77. The van der Waals surface area contributed by atoms with Crippen LogP contribution in [0.3, 0.4) is 0 Å². The van der Waals surface area contributed by atoms with Gasteiger partial charge >= 0.3 is 18.4 Å². The molecule has 35 heavy (non-hydrogen) atoms. The van der Waals surface area contributed by atoms with Crippen LogP contribution in [0.25, 0.3) is 5.65 Å². The van der Waals surface area contributed by atoms with Crippen molar-refractivity contribution >= 4 is 34.7 Å². The van der Waals surface area contributed by atoms with Crippen LogP contribution < -0.4 is 10.2 Å². The van der Waals surface area contributed by atoms with Crippen molar-refractivity contribution in [2.45, 2.75) is 44.1 Å². The van der Waals surface area contributed by atoms with Crippen LogP contribution in [0.5, 0.6) is 0 Å². The molecule has 0 fully saturated rings. The molecule has 2 amide bonds. The summed E-state index contributed by atoms with van der Waals surface area (Å²) in [4.78, 5) is 21.1. The number of nitrogens with zero attached hydrogens (tertiary/aromatic N) is 5. The number of urea groups is 1. The van der Waals surface area contributed by atoms with Gasteiger partial charge in [0.15, 0.2) is 10.8 Å². The number of pyridine rings is 1. The highest BCUT2D eigenvalue weighted by molar-refractivity contribution is 6.29. The summed E-state index contributed by atoms with van der Waals surface area (Å²) >= 11 is 5.84. The Hall–Kier alpha value is -3.13. The van der Waals surface area contributed by atoms with Gasteiger partial charge in [-0.1, -0.05) is 11.6 Å². The van der Waals surface area contributed by atoms with Gasteiger partial charge < -0.3 is 10.4 Å². The van der Waals surface area contributed by atoms with Crippen LogP contribution in [0.15, 0.2) is 24.4 Å². The molecule has 0 unspecified atom stereocenters. The average molecular weight is 523 g/mol. The van der Waals surface area contributed by atoms with E-state index in [9.17, 15) is 36.2 Å². The van der Waals surface area contributed by atoms with Crippen molar-refractivity contribution < 1.29 is 36.2 Å². The Morgan fingerprint density at radius 1 is 1.14 bits per heavy atom. The first-order valence-electron chi connectivity index (χ1n) is 9.94. The van der Waals surface area contributed by atoms with Crippen LogP contribution in [-0.4, -0.2) is 43.4 Å². The van der Waals surface area contributed by atoms with E-state index in [1.807, 2.05) is 0 Å². The topological polar surface area (TPSA) is 95.7 Å². The Kier molecular flexibility index (Phi) is 5.48. The summed E-state index contributed by atoms with van der Waals surface area (Å²) in [7, 11) is 0. The van der Waals surface area contributed by atoms with Crippen LogP contribution in [0, 0.1) is 0 Å². The van der Waals surface area contributed by atoms with Crippen molar-refractivity contribution in [1.82, 2.24) is 19.6 Å². The number of alkyl halides is 6. The second-order valence-electron chi connectivity index (χ2n) is 8.76. The number of halogens is 7. The van der Waals surface area contributed by atoms with Gasteiger partial charge in [0, 0.05) is 18.3 Å². The summed E-state index contributed by atoms with van der Waals surface area (Å²) < 4.78 is 83.4. The molecule has 0 spiro atoms. The Bertz CT molecular complexity index is 1300. The van der Waals surface area contributed by atoms with Crippen molar-refractivity contribution in [1.29, 1.82) is 0 Å². The molecule has 0 bridgehead atoms. The van der Waals surface area contributed by atoms with Crippen LogP contribution in [0.1, 0.15) is 37.9 Å². The molecule has 8 nitrogen and oxygen atoms in total. The predicted octanol–water partition coefficient (Wildman–Crippen LogP) is 4.90. The number of rotatable bonds is 2. The van der Waals surface area contributed by atoms with E-state index >= 15 is 0 Å². The zero-order valence-electron chi connectivity index (χ0n) is 18.3. The largest absolute Gasteiger partial charge is 0.433 e. The lowest BCUT2D eigenvalue weighted by Crippen LogP contribution is -2.46. The number of amides is 2. The van der Waals surface area contributed by atoms with Crippen LogP contribution in [0.4, 0.5) is 42.5 Å². The molecule has 4 rings (SSSR count). The van der Waals surface area contributed by atoms with Gasteiger partial charge in [0.1, 0.15) is 16.7 Å². The van der Waals surface area contributed by atoms with E-state index in [0.29, 0.717) is 11.0 Å². The molecule has 2 N–H and O–H groups in total. The van der Waals surface area contributed by atoms with Gasteiger partial charge in [0.2, 0.25) is 0 Å². The second-order valence-corrected chi connectivity index (χ2v) is 9.15. The molecule has 3 aromatic heterocycles. The molecule has 15 heteroatoms. The van der Waals surface area contributed by atoms with E-state index in [1.165, 1.54) is 19.9 Å². The second kappa shape index (κ2) is 7.68. The van der Waals surface area contributed by atoms with E-state index in [4.69, 9.17) is 11.6 Å². The number of aliphatic hydroxyl groups is 1. The number of carbonyl (C=O) groups is 1. The molecule has 1 aliphatic heterocycles. The highest BCUT2D eigenvalue weighted by Crippen LogP contribution is 2.50. The van der Waals surface area contributed by atoms with Gasteiger partial charge in [-0.25, -0.2) is 19.3 Å². The molecule has 188 valence electrons. The number of anilines is 2. The Morgan fingerprint density at radius 2 is 1.77 bits per heavy atom. The first-order chi connectivity index (χ1) is 15.9. The van der Waals surface area contributed by atoms with Crippen molar-refractivity contribution in [3.8, 4) is 0 Å². The van der Waals surface area contributed by atoms with Crippen LogP contribution in [0.2, 0.25) is 5.15 Å². The summed E-state index contributed by atoms with van der Waals surface area (Å²) in [6, 6.07) is 1.61. The molecule has 3 aromatic rings. The third kappa shape index (κ3) is 4.24. The molecule has 0 aliphatic carbocycles. The van der Waals surface area contributed by atoms with Gasteiger partial charge in [0.25, 0.3) is 0 Å². The molecule has 4 heterocycles. The number of fused-ring (bicyclic) bond motifs is 3. The van der Waals surface area contributed by atoms with Crippen LogP contribution >= 0.6 is 11.6 Å². The van der Waals surface area contributed by atoms with E-state index in [-0.39, 0.29) is 16.5 Å². The normalized spacial score (nSPS) is 18.8. The average Bonchev–Trinajstić information content (AvgIpc) is 3.23. The quantitative estimate of drug-likeness (QED) is 0.467. The number of hydrogen-bond donors (Lipinski definition) is 2. The fourth-order valence-corrected chi connectivity index (χ4v) is 3.92. The number of carbonyl (C=O) groups excluding carboxylic acids is 1. The first kappa shape index (κ1) is 25.0. The van der Waals surface area contributed by atoms with Crippen molar-refractivity contribution in [2.75, 3.05) is 16.8 Å². The number of aromatic nitrogens is 4. The molecular weight excluding hydrogens is 506 g/mol. The lowest BCUT2D eigenvalue weighted by atomic mass is 9.88. The zero-order chi connectivity index (χ0) is 26.1. The maximum Gasteiger partial charge on any atom is 0.433 e. The molecule has 0 saturated carbocycles. The fraction of sp³-hybridized carbons (Fsp3) is 0.400. The first-order valence-corrected chi connectivity index (χ1v) is 10.3. The van der Waals surface area contributed by atoms with Gasteiger partial charge in [-0.05, 0) is 32.9 Å². The van der Waals surface area contributed by atoms with E-state index in [2.05, 4.69) is 20.4 Å². The maximum absolute atomic E-state index is 14.2. The highest BCUT2D eigenvalue weighted by atomic mass is 35.5. The summed E-state index contributed by atoms with van der Waals surface area (Å²) in [5.41, 5.74) is -7.25. The number of hydrogen-bond acceptors (Lipinski definition) is 5. The SMILES string of the molecule is CC(C)(O)c1cc(NC(=O)N2C[C@@](C)(C(F)(F)F)c3c2cnc2cc(Cl)nn32)cc(C(F)(F)F)n1. The van der Waals surface area contributed by atoms with E-state index < -0.39 is 58.7 Å². The summed E-state index contributed by atoms with van der Waals surface area (Å²) in [6.07, 6.45) is -8.71. The zero-order valence-corrected chi connectivity index (χ0v) is 19.0. The minimum absolute atomic E-state index is 0.0188. The van der Waals surface area contributed by atoms with Crippen LogP contribution in [-0.2, 0) is 17.2 Å². The van der Waals surface area contributed by atoms with E-state index in [1.54, 1.807) is 0 Å². The van der Waals surface area contributed by atoms with Crippen molar-refractivity contribution in [2.24, 2.45) is 0 Å². The lowest BCUT2D eigenvalue weighted by molar-refractivity contribution is -0.181. The van der Waals surface area contributed by atoms with Gasteiger partial charge in [-0.3, -0.25) is 4.90 Å². The smallest absolute Gasteiger partial charge is 0.384 e. The Labute approximate surface area is 198 Å². The highest BCUT2D eigenvalue weighted by Gasteiger charge is 2.60. The minimum Gasteiger partial charge on any atom is -0.384 e. The fourth-order valence-electron chi connectivity index (χ4n) is 3.74. The third-order valence-electron chi connectivity index (χ3n) is 5.59. The molecule has 1 aliphatic rings. The van der Waals surface area contributed by atoms with E-state index in [0.717, 1.165) is 23.7 Å². The summed E-state index contributed by atoms with van der Waals surface area (Å²) in [5, 5.41) is 16.0. The van der Waals surface area contributed by atoms with Gasteiger partial charge in [-0.2, -0.15) is 31.4 Å². The summed E-state index contributed by atoms with van der Waals surface area (Å²) in [5.74, 6) is 0. The monoisotopic (exact) mass is 522 g/mol. The Balaban J connectivity index is 1.79. The maximum atomic E-state index is 14.2. The Morgan fingerprint density at radius 3 is 2.34 bits per heavy atom. The van der Waals surface area contributed by atoms with Crippen molar-refractivity contribution in [3.63, 3.8) is 0 Å². The molecule has 1 atom stereocenters. The molecular formula is C20H17ClF6N6O2. The molecule has 0 saturated heterocycles. The summed E-state index contributed by atoms with van der Waals surface area (Å²) in [6.45, 7) is 2.36. The standard InChI is InChI=1S/C20H17ClF6N6O2/c1-17(2,35)11-4-9(5-12(30-11)19(22,23)24)29-16(34)32-8-18(3,20(25,26)27)15-10(32)7-28-14-6-13(21)31-33(14)15/h4-7,35H,8H2,1-3H3,(H,29,30,34)/t18-/m1/s1.